The predicted octanol–water partition coefficient (Wildman–Crippen LogP) is 10.9. The summed E-state index contributed by atoms with van der Waals surface area (Å²) in [7, 11) is -9.13. The lowest BCUT2D eigenvalue weighted by Gasteiger charge is -2.27. The van der Waals surface area contributed by atoms with E-state index in [9.17, 15) is 53.4 Å². The molecule has 69 heavy (non-hydrogen) atoms. The SMILES string of the molecule is COc1cc(F)c(C(C)C)cc1-c1ccc(C(F)(F)F)cc1CN[C@@H](C)[C@H](OC(=O)Oc1ccc(OC(COP(=O)(O)O)COP(=O)(O)O)cc1OC(C)C)c1cc(C(F)(F)F)cc(C(F)(F)F)c1. The summed E-state index contributed by atoms with van der Waals surface area (Å²) in [4.78, 5) is 50.1. The fourth-order valence-electron chi connectivity index (χ4n) is 6.43. The normalized spacial score (nSPS) is 13.7. The van der Waals surface area contributed by atoms with Crippen molar-refractivity contribution in [1.29, 1.82) is 0 Å². The Balaban J connectivity index is 1.79. The molecule has 4 rings (SSSR count). The zero-order chi connectivity index (χ0) is 52.0. The third-order valence-corrected chi connectivity index (χ3v) is 10.5. The molecule has 0 saturated heterocycles. The number of hydrogen-bond donors (Lipinski definition) is 5. The van der Waals surface area contributed by atoms with Crippen LogP contribution in [0.5, 0.6) is 23.0 Å². The molecule has 0 spiro atoms. The zero-order valence-electron chi connectivity index (χ0n) is 36.9. The number of rotatable bonds is 20. The molecular weight excluding hydrogens is 994 g/mol. The standard InChI is InChI=1S/C42H45F10NO14P2/c1-21(2)32-16-33(36(61-6)17-34(32)43)31-9-7-26(40(44,45)46)13-25(31)18-53-23(5)38(24-11-27(41(47,48)49)14-28(12-24)42(50,51)52)67-39(54)66-35-10-8-29(15-37(35)64-22(3)4)65-30(19-62-68(55,56)57)20-63-69(58,59)60/h7-17,21-23,30,38,53H,18-20H2,1-6H3,(H2,55,56,57)(H2,58,59,60)/t23-,38-/m0/s1. The quantitative estimate of drug-likeness (QED) is 0.0241. The zero-order valence-corrected chi connectivity index (χ0v) is 38.7. The highest BCUT2D eigenvalue weighted by Crippen LogP contribution is 2.43. The molecule has 0 aromatic heterocycles. The van der Waals surface area contributed by atoms with Crippen LogP contribution in [0.25, 0.3) is 11.1 Å². The lowest BCUT2D eigenvalue weighted by Crippen LogP contribution is -2.35. The third-order valence-electron chi connectivity index (χ3n) is 9.52. The first-order valence-electron chi connectivity index (χ1n) is 20.0. The van der Waals surface area contributed by atoms with E-state index in [1.54, 1.807) is 13.8 Å². The lowest BCUT2D eigenvalue weighted by atomic mass is 9.92. The number of carbonyl (C=O) groups is 1. The van der Waals surface area contributed by atoms with Crippen molar-refractivity contribution in [2.75, 3.05) is 20.3 Å². The van der Waals surface area contributed by atoms with Gasteiger partial charge >= 0.3 is 40.3 Å². The van der Waals surface area contributed by atoms with Crippen molar-refractivity contribution >= 4 is 21.8 Å². The van der Waals surface area contributed by atoms with E-state index >= 15 is 4.39 Å². The molecule has 27 heteroatoms. The monoisotopic (exact) mass is 1040 g/mol. The van der Waals surface area contributed by atoms with Gasteiger partial charge in [0.25, 0.3) is 0 Å². The molecule has 0 radical (unpaired) electrons. The van der Waals surface area contributed by atoms with Gasteiger partial charge in [-0.15, -0.1) is 0 Å². The Bertz CT molecular complexity index is 2470. The van der Waals surface area contributed by atoms with Gasteiger partial charge in [-0.1, -0.05) is 19.9 Å². The van der Waals surface area contributed by atoms with E-state index < -0.39 is 124 Å². The molecule has 4 aromatic carbocycles. The van der Waals surface area contributed by atoms with Gasteiger partial charge in [-0.25, -0.2) is 18.3 Å². The van der Waals surface area contributed by atoms with Gasteiger partial charge in [-0.05, 0) is 97.5 Å². The average molecular weight is 1040 g/mol. The fourth-order valence-corrected chi connectivity index (χ4v) is 7.15. The average Bonchev–Trinajstić information content (AvgIpc) is 3.21. The van der Waals surface area contributed by atoms with E-state index in [-0.39, 0.29) is 57.7 Å². The molecule has 0 aliphatic rings. The van der Waals surface area contributed by atoms with Gasteiger partial charge in [0.15, 0.2) is 11.5 Å². The van der Waals surface area contributed by atoms with E-state index in [1.807, 2.05) is 0 Å². The summed E-state index contributed by atoms with van der Waals surface area (Å²) in [5, 5.41) is 2.72. The Labute approximate surface area is 387 Å². The van der Waals surface area contributed by atoms with Crippen LogP contribution >= 0.6 is 15.6 Å². The maximum atomic E-state index is 15.0. The molecule has 2 atom stereocenters. The molecule has 0 saturated carbocycles. The van der Waals surface area contributed by atoms with Crippen LogP contribution in [0.1, 0.15) is 80.0 Å². The first-order chi connectivity index (χ1) is 31.6. The minimum atomic E-state index is -5.39. The number of carbonyl (C=O) groups excluding carboxylic acids is 1. The molecule has 5 N–H and O–H groups in total. The van der Waals surface area contributed by atoms with Crippen molar-refractivity contribution < 1.29 is 110 Å². The smallest absolute Gasteiger partial charge is 0.496 e. The van der Waals surface area contributed by atoms with Gasteiger partial charge in [-0.2, -0.15) is 39.5 Å². The number of phosphoric ester groups is 2. The second-order valence-corrected chi connectivity index (χ2v) is 18.1. The van der Waals surface area contributed by atoms with E-state index in [0.717, 1.165) is 43.3 Å². The number of nitrogens with one attached hydrogen (secondary N) is 1. The first-order valence-corrected chi connectivity index (χ1v) is 23.1. The molecule has 382 valence electrons. The number of phosphoric acid groups is 2. The Kier molecular flexibility index (Phi) is 18.4. The topological polar surface area (TPSA) is 209 Å². The van der Waals surface area contributed by atoms with E-state index in [4.69, 9.17) is 43.3 Å². The van der Waals surface area contributed by atoms with E-state index in [2.05, 4.69) is 14.4 Å². The van der Waals surface area contributed by atoms with Crippen molar-refractivity contribution in [3.8, 4) is 34.1 Å². The molecular formula is C42H45F10NO14P2. The van der Waals surface area contributed by atoms with Gasteiger partial charge < -0.3 is 48.6 Å². The third kappa shape index (κ3) is 16.9. The Morgan fingerprint density at radius 1 is 0.667 bits per heavy atom. The van der Waals surface area contributed by atoms with Crippen LogP contribution in [0.2, 0.25) is 0 Å². The number of ether oxygens (including phenoxy) is 5. The minimum absolute atomic E-state index is 0.0526. The maximum absolute atomic E-state index is 15.0. The van der Waals surface area contributed by atoms with Gasteiger partial charge in [0.05, 0.1) is 43.1 Å². The van der Waals surface area contributed by atoms with Crippen LogP contribution in [0.15, 0.2) is 66.7 Å². The fraction of sp³-hybridized carbons (Fsp3) is 0.405. The van der Waals surface area contributed by atoms with Crippen molar-refractivity contribution in [1.82, 2.24) is 5.32 Å². The van der Waals surface area contributed by atoms with Crippen molar-refractivity contribution in [3.05, 3.63) is 106 Å². The second-order valence-electron chi connectivity index (χ2n) is 15.6. The summed E-state index contributed by atoms with van der Waals surface area (Å²) in [6, 6.07) is 6.66. The first kappa shape index (κ1) is 56.6. The molecule has 0 heterocycles. The molecule has 0 amide bonds. The Hall–Kier alpha value is -4.97. The Morgan fingerprint density at radius 2 is 1.23 bits per heavy atom. The summed E-state index contributed by atoms with van der Waals surface area (Å²) in [6.07, 6.45) is -22.0. The minimum Gasteiger partial charge on any atom is -0.496 e. The largest absolute Gasteiger partial charge is 0.514 e. The van der Waals surface area contributed by atoms with Crippen molar-refractivity contribution in [2.45, 2.75) is 90.0 Å². The lowest BCUT2D eigenvalue weighted by molar-refractivity contribution is -0.143. The van der Waals surface area contributed by atoms with Crippen molar-refractivity contribution in [3.63, 3.8) is 0 Å². The summed E-state index contributed by atoms with van der Waals surface area (Å²) in [5.74, 6) is -2.39. The highest BCUT2D eigenvalue weighted by atomic mass is 31.2. The number of methoxy groups -OCH3 is 1. The van der Waals surface area contributed by atoms with Gasteiger partial charge in [-0.3, -0.25) is 9.05 Å². The molecule has 0 bridgehead atoms. The van der Waals surface area contributed by atoms with Gasteiger partial charge in [0, 0.05) is 30.3 Å². The number of halogens is 10. The van der Waals surface area contributed by atoms with Crippen molar-refractivity contribution in [2.24, 2.45) is 0 Å². The summed E-state index contributed by atoms with van der Waals surface area (Å²) in [6.45, 7) is 4.79. The van der Waals surface area contributed by atoms with Crippen LogP contribution in [-0.4, -0.2) is 64.3 Å². The molecule has 4 aromatic rings. The predicted molar refractivity (Wildman–Crippen MR) is 223 cm³/mol. The number of hydrogen-bond acceptors (Lipinski definition) is 11. The van der Waals surface area contributed by atoms with Gasteiger partial charge in [0.2, 0.25) is 0 Å². The second kappa shape index (κ2) is 22.4. The van der Waals surface area contributed by atoms with Crippen LogP contribution in [0, 0.1) is 5.82 Å². The Morgan fingerprint density at radius 3 is 1.72 bits per heavy atom. The summed E-state index contributed by atoms with van der Waals surface area (Å²) in [5.41, 5.74) is -5.53. The molecule has 0 fully saturated rings. The number of benzene rings is 4. The molecule has 0 aliphatic carbocycles. The van der Waals surface area contributed by atoms with Crippen LogP contribution in [0.4, 0.5) is 48.7 Å². The number of alkyl halides is 9. The van der Waals surface area contributed by atoms with Crippen LogP contribution < -0.4 is 24.3 Å². The maximum Gasteiger partial charge on any atom is 0.514 e. The highest BCUT2D eigenvalue weighted by molar-refractivity contribution is 7.46. The molecule has 0 unspecified atom stereocenters. The van der Waals surface area contributed by atoms with Crippen LogP contribution in [0.3, 0.4) is 0 Å². The van der Waals surface area contributed by atoms with E-state index in [0.29, 0.717) is 6.07 Å². The van der Waals surface area contributed by atoms with E-state index in [1.165, 1.54) is 27.0 Å². The van der Waals surface area contributed by atoms with Gasteiger partial charge in [0.1, 0.15) is 29.5 Å². The molecule has 0 aliphatic heterocycles. The highest BCUT2D eigenvalue weighted by Gasteiger charge is 2.39. The van der Waals surface area contributed by atoms with Crippen LogP contribution in [-0.2, 0) is 48.0 Å². The summed E-state index contributed by atoms with van der Waals surface area (Å²) < 4.78 is 201. The molecule has 15 nitrogen and oxygen atoms in total. The summed E-state index contributed by atoms with van der Waals surface area (Å²) >= 11 is 0.